The van der Waals surface area contributed by atoms with E-state index >= 15 is 0 Å². The molecular weight excluding hydrogens is 190 g/mol. The largest absolute Gasteiger partial charge is 0.319 e. The summed E-state index contributed by atoms with van der Waals surface area (Å²) in [6.45, 7) is 4.40. The monoisotopic (exact) mass is 209 g/mol. The number of hydrogen-bond acceptors (Lipinski definition) is 2. The van der Waals surface area contributed by atoms with Gasteiger partial charge in [0.15, 0.2) is 0 Å². The van der Waals surface area contributed by atoms with Crippen molar-refractivity contribution in [3.63, 3.8) is 0 Å². The summed E-state index contributed by atoms with van der Waals surface area (Å²) in [7, 11) is 2.13. The van der Waals surface area contributed by atoms with E-state index < -0.39 is 0 Å². The predicted molar refractivity (Wildman–Crippen MR) is 67.0 cm³/mol. The Morgan fingerprint density at radius 1 is 1.29 bits per heavy atom. The summed E-state index contributed by atoms with van der Waals surface area (Å²) in [5, 5.41) is 0. The van der Waals surface area contributed by atoms with Gasteiger partial charge in [0, 0.05) is 18.5 Å². The van der Waals surface area contributed by atoms with Crippen molar-refractivity contribution in [2.45, 2.75) is 26.7 Å². The van der Waals surface area contributed by atoms with Gasteiger partial charge in [-0.1, -0.05) is 37.9 Å². The molecule has 0 aliphatic heterocycles. The minimum Gasteiger partial charge on any atom is -0.319 e. The molecular formula is C12H19NS. The molecule has 0 amide bonds. The Bertz CT molecular complexity index is 273. The fourth-order valence-corrected chi connectivity index (χ4v) is 1.99. The molecule has 0 fully saturated rings. The maximum absolute atomic E-state index is 2.27. The lowest BCUT2D eigenvalue weighted by Crippen LogP contribution is -2.07. The van der Waals surface area contributed by atoms with Crippen molar-refractivity contribution >= 4 is 17.6 Å². The first-order valence-electron chi connectivity index (χ1n) is 5.23. The first kappa shape index (κ1) is 11.4. The smallest absolute Gasteiger partial charge is 0.0469 e. The molecule has 2 heteroatoms. The first-order valence-corrected chi connectivity index (χ1v) is 6.17. The summed E-state index contributed by atoms with van der Waals surface area (Å²) in [4.78, 5) is 0. The molecule has 1 aromatic carbocycles. The van der Waals surface area contributed by atoms with Crippen LogP contribution in [0.15, 0.2) is 24.3 Å². The Balaban J connectivity index is 2.64. The fraction of sp³-hybridized carbons (Fsp3) is 0.500. The third kappa shape index (κ3) is 3.26. The third-order valence-electron chi connectivity index (χ3n) is 2.17. The highest BCUT2D eigenvalue weighted by Gasteiger charge is 2.00. The van der Waals surface area contributed by atoms with E-state index in [1.165, 1.54) is 23.4 Å². The standard InChI is InChI=1S/C12H19NS/c1-4-9-14-13(3)12-8-6-7-11(5-2)10-12/h6-8,10H,4-5,9H2,1-3H3. The molecule has 1 nitrogen and oxygen atoms in total. The zero-order valence-corrected chi connectivity index (χ0v) is 10.1. The lowest BCUT2D eigenvalue weighted by atomic mass is 10.1. The van der Waals surface area contributed by atoms with Crippen molar-refractivity contribution < 1.29 is 0 Å². The van der Waals surface area contributed by atoms with Crippen LogP contribution in [0.1, 0.15) is 25.8 Å². The van der Waals surface area contributed by atoms with Gasteiger partial charge in [-0.05, 0) is 30.5 Å². The number of rotatable bonds is 5. The molecule has 0 radical (unpaired) electrons. The van der Waals surface area contributed by atoms with Crippen LogP contribution in [0.5, 0.6) is 0 Å². The summed E-state index contributed by atoms with van der Waals surface area (Å²) in [6.07, 6.45) is 2.34. The SMILES string of the molecule is CCCSN(C)c1cccc(CC)c1. The zero-order chi connectivity index (χ0) is 10.4. The van der Waals surface area contributed by atoms with Crippen LogP contribution in [-0.4, -0.2) is 12.8 Å². The highest BCUT2D eigenvalue weighted by atomic mass is 32.2. The third-order valence-corrected chi connectivity index (χ3v) is 3.36. The van der Waals surface area contributed by atoms with E-state index in [0.717, 1.165) is 6.42 Å². The minimum absolute atomic E-state index is 1.11. The molecule has 0 unspecified atom stereocenters. The van der Waals surface area contributed by atoms with Crippen molar-refractivity contribution in [2.24, 2.45) is 0 Å². The predicted octanol–water partition coefficient (Wildman–Crippen LogP) is 3.74. The lowest BCUT2D eigenvalue weighted by molar-refractivity contribution is 1.10. The van der Waals surface area contributed by atoms with Crippen LogP contribution in [0.25, 0.3) is 0 Å². The average Bonchev–Trinajstić information content (AvgIpc) is 2.26. The van der Waals surface area contributed by atoms with Gasteiger partial charge in [-0.25, -0.2) is 0 Å². The maximum Gasteiger partial charge on any atom is 0.0469 e. The minimum atomic E-state index is 1.11. The van der Waals surface area contributed by atoms with Crippen molar-refractivity contribution in [3.05, 3.63) is 29.8 Å². The first-order chi connectivity index (χ1) is 6.77. The molecule has 0 aliphatic carbocycles. The highest BCUT2D eigenvalue weighted by molar-refractivity contribution is 8.00. The number of aryl methyl sites for hydroxylation is 1. The van der Waals surface area contributed by atoms with Gasteiger partial charge >= 0.3 is 0 Å². The van der Waals surface area contributed by atoms with Crippen LogP contribution in [0.3, 0.4) is 0 Å². The van der Waals surface area contributed by atoms with E-state index in [-0.39, 0.29) is 0 Å². The lowest BCUT2D eigenvalue weighted by Gasteiger charge is -2.18. The van der Waals surface area contributed by atoms with Crippen LogP contribution in [0.2, 0.25) is 0 Å². The van der Waals surface area contributed by atoms with Crippen molar-refractivity contribution in [2.75, 3.05) is 17.1 Å². The normalized spacial score (nSPS) is 10.2. The van der Waals surface area contributed by atoms with Gasteiger partial charge < -0.3 is 4.31 Å². The van der Waals surface area contributed by atoms with Gasteiger partial charge in [0.25, 0.3) is 0 Å². The molecule has 0 aromatic heterocycles. The molecule has 0 saturated carbocycles. The average molecular weight is 209 g/mol. The number of hydrogen-bond donors (Lipinski definition) is 0. The van der Waals surface area contributed by atoms with Gasteiger partial charge in [-0.2, -0.15) is 0 Å². The van der Waals surface area contributed by atoms with E-state index in [0.29, 0.717) is 0 Å². The molecule has 0 heterocycles. The van der Waals surface area contributed by atoms with Crippen LogP contribution >= 0.6 is 11.9 Å². The molecule has 78 valence electrons. The Kier molecular flexibility index (Phi) is 4.88. The van der Waals surface area contributed by atoms with E-state index in [2.05, 4.69) is 49.5 Å². The van der Waals surface area contributed by atoms with Crippen LogP contribution in [-0.2, 0) is 6.42 Å². The van der Waals surface area contributed by atoms with Gasteiger partial charge in [-0.3, -0.25) is 0 Å². The molecule has 0 atom stereocenters. The van der Waals surface area contributed by atoms with E-state index in [4.69, 9.17) is 0 Å². The zero-order valence-electron chi connectivity index (χ0n) is 9.29. The molecule has 1 aromatic rings. The maximum atomic E-state index is 2.27. The summed E-state index contributed by atoms with van der Waals surface area (Å²) < 4.78 is 2.25. The second-order valence-corrected chi connectivity index (χ2v) is 4.57. The van der Waals surface area contributed by atoms with Crippen LogP contribution < -0.4 is 4.31 Å². The Hall–Kier alpha value is -0.630. The van der Waals surface area contributed by atoms with Crippen molar-refractivity contribution in [3.8, 4) is 0 Å². The second-order valence-electron chi connectivity index (χ2n) is 3.35. The number of nitrogens with zero attached hydrogens (tertiary/aromatic N) is 1. The summed E-state index contributed by atoms with van der Waals surface area (Å²) in [5.74, 6) is 1.19. The van der Waals surface area contributed by atoms with Crippen LogP contribution in [0, 0.1) is 0 Å². The molecule has 0 spiro atoms. The Labute approximate surface area is 91.6 Å². The van der Waals surface area contributed by atoms with Gasteiger partial charge in [0.2, 0.25) is 0 Å². The number of anilines is 1. The number of benzene rings is 1. The summed E-state index contributed by atoms with van der Waals surface area (Å²) >= 11 is 1.88. The fourth-order valence-electron chi connectivity index (χ4n) is 1.28. The molecule has 0 aliphatic rings. The van der Waals surface area contributed by atoms with E-state index in [9.17, 15) is 0 Å². The second kappa shape index (κ2) is 5.97. The quantitative estimate of drug-likeness (QED) is 0.680. The Morgan fingerprint density at radius 2 is 2.07 bits per heavy atom. The van der Waals surface area contributed by atoms with Gasteiger partial charge in [0.1, 0.15) is 0 Å². The van der Waals surface area contributed by atoms with Crippen LogP contribution in [0.4, 0.5) is 5.69 Å². The molecule has 1 rings (SSSR count). The van der Waals surface area contributed by atoms with E-state index in [1.54, 1.807) is 0 Å². The highest BCUT2D eigenvalue weighted by Crippen LogP contribution is 2.21. The van der Waals surface area contributed by atoms with Crippen molar-refractivity contribution in [1.82, 2.24) is 0 Å². The molecule has 14 heavy (non-hydrogen) atoms. The topological polar surface area (TPSA) is 3.24 Å². The molecule has 0 bridgehead atoms. The molecule has 0 saturated heterocycles. The Morgan fingerprint density at radius 3 is 2.71 bits per heavy atom. The summed E-state index contributed by atoms with van der Waals surface area (Å²) in [5.41, 5.74) is 2.72. The van der Waals surface area contributed by atoms with E-state index in [1.807, 2.05) is 11.9 Å². The van der Waals surface area contributed by atoms with Gasteiger partial charge in [0.05, 0.1) is 0 Å². The summed E-state index contributed by atoms with van der Waals surface area (Å²) in [6, 6.07) is 8.75. The van der Waals surface area contributed by atoms with Crippen molar-refractivity contribution in [1.29, 1.82) is 0 Å². The molecule has 0 N–H and O–H groups in total. The van der Waals surface area contributed by atoms with Gasteiger partial charge in [-0.15, -0.1) is 0 Å².